The largest absolute Gasteiger partial charge is 0.248 e. The van der Waals surface area contributed by atoms with Crippen molar-refractivity contribution < 1.29 is 0 Å². The number of rotatable bonds is 13. The van der Waals surface area contributed by atoms with Crippen molar-refractivity contribution in [1.82, 2.24) is 24.9 Å². The molecule has 0 N–H and O–H groups in total. The number of benzene rings is 10. The predicted octanol–water partition coefficient (Wildman–Crippen LogP) is 29.1. The molecule has 18 rings (SSSR count). The lowest BCUT2D eigenvalue weighted by Crippen LogP contribution is -2.10. The molecule has 5 heterocycles. The molecule has 0 radical (unpaired) electrons. The predicted molar refractivity (Wildman–Crippen MR) is 478 cm³/mol. The Hall–Kier alpha value is -10.8. The van der Waals surface area contributed by atoms with E-state index in [2.05, 4.69) is 336 Å². The number of pyridine rings is 5. The summed E-state index contributed by atoms with van der Waals surface area (Å²) in [5, 5.41) is 6.24. The van der Waals surface area contributed by atoms with Crippen molar-refractivity contribution in [2.24, 2.45) is 28.6 Å². The van der Waals surface area contributed by atoms with E-state index >= 15 is 0 Å². The fourth-order valence-corrected chi connectivity index (χ4v) is 17.2. The molecule has 0 amide bonds. The molecule has 112 heavy (non-hydrogen) atoms. The monoisotopic (exact) mass is 1470 g/mol. The number of fused-ring (bicyclic) bond motifs is 5. The number of hydrogen-bond donors (Lipinski definition) is 0. The van der Waals surface area contributed by atoms with Crippen molar-refractivity contribution in [1.29, 1.82) is 0 Å². The summed E-state index contributed by atoms with van der Waals surface area (Å²) in [7, 11) is 0. The van der Waals surface area contributed by atoms with Gasteiger partial charge in [-0.05, 0) is 201 Å². The smallest absolute Gasteiger partial charge is 0.0712 e. The number of aryl methyl sites for hydroxylation is 4. The number of para-hydroxylation sites is 2. The molecule has 10 aromatic carbocycles. The SMILES string of the molecule is CC(C)(C)Cc1cc(-c2ccccc2)nc2ccccc12.Cc1cc(C)cc(-c2ccc3ccc(CC4CCCC4)cc3n2)c1.Cc1cccc(-c2cc(CC(C)(C)C)c3ccccc3n2)c1.Cc1cccc(-c2ccc3ccc(CC4CCCC4)cc3n2)c1.c1ccc(-c2ccc3ccc(CC4CCCC4)cc3n2)cc1. The van der Waals surface area contributed by atoms with Crippen LogP contribution in [0, 0.1) is 56.3 Å². The normalized spacial score (nSPS) is 14.0. The van der Waals surface area contributed by atoms with Gasteiger partial charge >= 0.3 is 0 Å². The highest BCUT2D eigenvalue weighted by atomic mass is 14.7. The van der Waals surface area contributed by atoms with Gasteiger partial charge in [0.2, 0.25) is 0 Å². The van der Waals surface area contributed by atoms with Crippen molar-refractivity contribution >= 4 is 54.5 Å². The highest BCUT2D eigenvalue weighted by Crippen LogP contribution is 2.37. The molecule has 5 nitrogen and oxygen atoms in total. The van der Waals surface area contributed by atoms with Crippen LogP contribution >= 0.6 is 0 Å². The van der Waals surface area contributed by atoms with Crippen LogP contribution in [0.15, 0.2) is 279 Å². The Morgan fingerprint density at radius 2 is 0.554 bits per heavy atom. The Morgan fingerprint density at radius 3 is 0.938 bits per heavy atom. The summed E-state index contributed by atoms with van der Waals surface area (Å²) in [6.07, 6.45) is 22.6. The Morgan fingerprint density at radius 1 is 0.250 bits per heavy atom. The van der Waals surface area contributed by atoms with Gasteiger partial charge < -0.3 is 0 Å². The van der Waals surface area contributed by atoms with Gasteiger partial charge in [0.15, 0.2) is 0 Å². The average molecular weight is 1470 g/mol. The van der Waals surface area contributed by atoms with Crippen LogP contribution in [0.3, 0.4) is 0 Å². The first-order valence-electron chi connectivity index (χ1n) is 41.6. The van der Waals surface area contributed by atoms with Gasteiger partial charge in [0.1, 0.15) is 0 Å². The molecule has 5 aromatic heterocycles. The van der Waals surface area contributed by atoms with Crippen LogP contribution in [0.1, 0.15) is 169 Å². The van der Waals surface area contributed by atoms with Crippen molar-refractivity contribution in [2.75, 3.05) is 0 Å². The standard InChI is InChI=1S/C23H25N.C22H23N.C21H21N.C21H23N.C20H21N/c1-16-11-17(2)13-21(12-16)22-10-9-20-8-7-19(15-23(20)24-22)14-18-5-3-4-6-18;1-16-5-4-8-20(13-16)21-12-11-19-10-9-18(15-22(19)23-21)14-17-6-2-3-7-17;1-2-8-18(9-3-1)20-13-12-19-11-10-17(15-21(19)22-20)14-16-6-4-5-7-16;1-15-8-7-9-16(12-15)20-13-17(14-21(2,3)4)18-10-5-6-11-19(18)22-20;1-20(2,3)14-16-13-19(15-9-5-4-6-10-15)21-18-12-8-7-11-17(16)18/h7-13,15,18H,3-6,14H2,1-2H3;4-5,8-13,15,17H,2-3,6-7,14H2,1H3;1-3,8-13,15-16H,4-7,14H2;5-13H,14H2,1-4H3;4-13H,14H2,1-3H3. The summed E-state index contributed by atoms with van der Waals surface area (Å²) >= 11 is 0. The molecule has 0 bridgehead atoms. The zero-order chi connectivity index (χ0) is 77.6. The summed E-state index contributed by atoms with van der Waals surface area (Å²) in [5.74, 6) is 2.65. The summed E-state index contributed by atoms with van der Waals surface area (Å²) in [4.78, 5) is 24.5. The maximum absolute atomic E-state index is 4.96. The second-order valence-electron chi connectivity index (χ2n) is 34.9. The molecule has 3 saturated carbocycles. The quantitative estimate of drug-likeness (QED) is 0.115. The van der Waals surface area contributed by atoms with Crippen molar-refractivity contribution in [2.45, 2.75) is 178 Å². The molecule has 3 aliphatic carbocycles. The molecule has 15 aromatic rings. The van der Waals surface area contributed by atoms with Gasteiger partial charge in [0.25, 0.3) is 0 Å². The van der Waals surface area contributed by atoms with Gasteiger partial charge in [0.05, 0.1) is 56.1 Å². The van der Waals surface area contributed by atoms with Gasteiger partial charge in [-0.3, -0.25) is 0 Å². The van der Waals surface area contributed by atoms with E-state index in [-0.39, 0.29) is 10.8 Å². The lowest BCUT2D eigenvalue weighted by molar-refractivity contribution is 0.412. The lowest BCUT2D eigenvalue weighted by Gasteiger charge is -2.20. The second kappa shape index (κ2) is 36.2. The summed E-state index contributed by atoms with van der Waals surface area (Å²) in [6.45, 7) is 22.3. The minimum atomic E-state index is 0.258. The first kappa shape index (κ1) is 78.0. The zero-order valence-corrected chi connectivity index (χ0v) is 68.0. The first-order chi connectivity index (χ1) is 54.3. The van der Waals surface area contributed by atoms with E-state index in [1.807, 2.05) is 12.1 Å². The topological polar surface area (TPSA) is 64.5 Å². The lowest BCUT2D eigenvalue weighted by atomic mass is 9.86. The van der Waals surface area contributed by atoms with Crippen molar-refractivity contribution in [3.63, 3.8) is 0 Å². The minimum Gasteiger partial charge on any atom is -0.248 e. The molecular weight excluding hydrogens is 1360 g/mol. The molecule has 3 fully saturated rings. The van der Waals surface area contributed by atoms with E-state index in [1.165, 1.54) is 201 Å². The molecule has 0 unspecified atom stereocenters. The molecule has 0 spiro atoms. The molecule has 566 valence electrons. The minimum absolute atomic E-state index is 0.258. The summed E-state index contributed by atoms with van der Waals surface area (Å²) in [6, 6.07) is 99.5. The Bertz CT molecular complexity index is 5650. The van der Waals surface area contributed by atoms with Crippen LogP contribution < -0.4 is 0 Å². The van der Waals surface area contributed by atoms with Crippen LogP contribution in [0.5, 0.6) is 0 Å². The van der Waals surface area contributed by atoms with Gasteiger partial charge in [-0.2, -0.15) is 0 Å². The van der Waals surface area contributed by atoms with Gasteiger partial charge in [0, 0.05) is 54.7 Å². The van der Waals surface area contributed by atoms with E-state index in [4.69, 9.17) is 24.9 Å². The molecule has 0 saturated heterocycles. The molecule has 0 aliphatic heterocycles. The molecular formula is C107H113N5. The molecule has 3 aliphatic rings. The highest BCUT2D eigenvalue weighted by molar-refractivity contribution is 5.88. The summed E-state index contributed by atoms with van der Waals surface area (Å²) < 4.78 is 0. The van der Waals surface area contributed by atoms with Gasteiger partial charge in [-0.15, -0.1) is 0 Å². The van der Waals surface area contributed by atoms with Crippen LogP contribution in [-0.2, 0) is 32.1 Å². The highest BCUT2D eigenvalue weighted by Gasteiger charge is 2.21. The van der Waals surface area contributed by atoms with Gasteiger partial charge in [-0.25, -0.2) is 24.9 Å². The number of aromatic nitrogens is 5. The summed E-state index contributed by atoms with van der Waals surface area (Å²) in [5.41, 5.74) is 29.6. The number of hydrogen-bond acceptors (Lipinski definition) is 5. The second-order valence-corrected chi connectivity index (χ2v) is 34.9. The third kappa shape index (κ3) is 21.3. The fraction of sp³-hybridized carbons (Fsp3) is 0.299. The Kier molecular flexibility index (Phi) is 25.2. The maximum Gasteiger partial charge on any atom is 0.0712 e. The van der Waals surface area contributed by atoms with E-state index in [0.717, 1.165) is 86.6 Å². The third-order valence-corrected chi connectivity index (χ3v) is 22.6. The zero-order valence-electron chi connectivity index (χ0n) is 68.0. The average Bonchev–Trinajstić information content (AvgIpc) is 0.859. The van der Waals surface area contributed by atoms with Crippen molar-refractivity contribution in [3.05, 3.63) is 329 Å². The fourth-order valence-electron chi connectivity index (χ4n) is 17.2. The number of nitrogens with zero attached hydrogens (tertiary/aromatic N) is 5. The Balaban J connectivity index is 0.000000116. The first-order valence-corrected chi connectivity index (χ1v) is 41.6. The van der Waals surface area contributed by atoms with Gasteiger partial charge in [-0.1, -0.05) is 335 Å². The molecule has 5 heteroatoms. The van der Waals surface area contributed by atoms with Crippen LogP contribution in [0.25, 0.3) is 111 Å². The van der Waals surface area contributed by atoms with E-state index < -0.39 is 0 Å². The van der Waals surface area contributed by atoms with Crippen molar-refractivity contribution in [3.8, 4) is 56.3 Å². The van der Waals surface area contributed by atoms with Crippen LogP contribution in [0.2, 0.25) is 0 Å². The van der Waals surface area contributed by atoms with E-state index in [1.54, 1.807) is 0 Å². The molecule has 0 atom stereocenters. The van der Waals surface area contributed by atoms with Crippen LogP contribution in [0.4, 0.5) is 0 Å². The Labute approximate surface area is 667 Å². The third-order valence-electron chi connectivity index (χ3n) is 22.6. The van der Waals surface area contributed by atoms with E-state index in [0.29, 0.717) is 0 Å². The van der Waals surface area contributed by atoms with E-state index in [9.17, 15) is 0 Å². The van der Waals surface area contributed by atoms with Crippen LogP contribution in [-0.4, -0.2) is 24.9 Å². The maximum atomic E-state index is 4.96.